The summed E-state index contributed by atoms with van der Waals surface area (Å²) in [6.45, 7) is 6.08. The van der Waals surface area contributed by atoms with Crippen molar-refractivity contribution in [1.29, 1.82) is 0 Å². The molecule has 0 aliphatic carbocycles. The average Bonchev–Trinajstić information content (AvgIpc) is 2.51. The monoisotopic (exact) mass is 202 g/mol. The van der Waals surface area contributed by atoms with Gasteiger partial charge in [-0.05, 0) is 27.2 Å². The van der Waals surface area contributed by atoms with E-state index in [0.29, 0.717) is 19.6 Å². The molecule has 1 unspecified atom stereocenters. The maximum atomic E-state index is 11.8. The third-order valence-electron chi connectivity index (χ3n) is 2.86. The molecular formula is C10H18O4. The summed E-state index contributed by atoms with van der Waals surface area (Å²) in [5.41, 5.74) is -1.99. The van der Waals surface area contributed by atoms with E-state index in [4.69, 9.17) is 9.47 Å². The van der Waals surface area contributed by atoms with Gasteiger partial charge in [0.2, 0.25) is 0 Å². The predicted molar refractivity (Wildman–Crippen MR) is 50.8 cm³/mol. The second kappa shape index (κ2) is 3.87. The fourth-order valence-corrected chi connectivity index (χ4v) is 1.73. The van der Waals surface area contributed by atoms with Gasteiger partial charge in [-0.3, -0.25) is 4.79 Å². The highest BCUT2D eigenvalue weighted by Gasteiger charge is 2.54. The van der Waals surface area contributed by atoms with Gasteiger partial charge >= 0.3 is 5.97 Å². The molecule has 4 nitrogen and oxygen atoms in total. The van der Waals surface area contributed by atoms with Crippen molar-refractivity contribution in [2.24, 2.45) is 5.41 Å². The average molecular weight is 202 g/mol. The van der Waals surface area contributed by atoms with E-state index in [9.17, 15) is 9.90 Å². The zero-order chi connectivity index (χ0) is 10.8. The SMILES string of the molecule is CCOC(=O)C1(C(C)(C)O)CCOC1. The van der Waals surface area contributed by atoms with E-state index in [0.717, 1.165) is 0 Å². The van der Waals surface area contributed by atoms with Crippen molar-refractivity contribution in [2.75, 3.05) is 19.8 Å². The molecule has 1 heterocycles. The van der Waals surface area contributed by atoms with Crippen LogP contribution in [0.1, 0.15) is 27.2 Å². The van der Waals surface area contributed by atoms with Gasteiger partial charge in [0.05, 0.1) is 18.8 Å². The Bertz CT molecular complexity index is 211. The summed E-state index contributed by atoms with van der Waals surface area (Å²) in [6.07, 6.45) is 0.523. The number of aliphatic hydroxyl groups is 1. The van der Waals surface area contributed by atoms with Crippen LogP contribution in [0, 0.1) is 5.41 Å². The lowest BCUT2D eigenvalue weighted by Crippen LogP contribution is -2.50. The molecule has 0 aromatic rings. The molecule has 1 fully saturated rings. The minimum atomic E-state index is -1.10. The molecule has 1 saturated heterocycles. The van der Waals surface area contributed by atoms with Crippen molar-refractivity contribution >= 4 is 5.97 Å². The van der Waals surface area contributed by atoms with Crippen molar-refractivity contribution in [3.63, 3.8) is 0 Å². The zero-order valence-corrected chi connectivity index (χ0v) is 9.00. The number of hydrogen-bond acceptors (Lipinski definition) is 4. The van der Waals surface area contributed by atoms with Crippen molar-refractivity contribution in [3.05, 3.63) is 0 Å². The van der Waals surface area contributed by atoms with E-state index in [1.165, 1.54) is 0 Å². The fourth-order valence-electron chi connectivity index (χ4n) is 1.73. The molecule has 82 valence electrons. The Balaban J connectivity index is 2.87. The largest absolute Gasteiger partial charge is 0.465 e. The van der Waals surface area contributed by atoms with E-state index in [-0.39, 0.29) is 12.6 Å². The minimum absolute atomic E-state index is 0.245. The molecule has 4 heteroatoms. The van der Waals surface area contributed by atoms with Gasteiger partial charge in [-0.2, -0.15) is 0 Å². The highest BCUT2D eigenvalue weighted by atomic mass is 16.5. The number of carbonyl (C=O) groups excluding carboxylic acids is 1. The molecular weight excluding hydrogens is 184 g/mol. The first-order valence-electron chi connectivity index (χ1n) is 4.91. The lowest BCUT2D eigenvalue weighted by atomic mass is 9.73. The van der Waals surface area contributed by atoms with Crippen molar-refractivity contribution in [1.82, 2.24) is 0 Å². The van der Waals surface area contributed by atoms with Gasteiger partial charge in [-0.25, -0.2) is 0 Å². The molecule has 0 saturated carbocycles. The van der Waals surface area contributed by atoms with E-state index in [2.05, 4.69) is 0 Å². The first-order chi connectivity index (χ1) is 6.44. The fraction of sp³-hybridized carbons (Fsp3) is 0.900. The van der Waals surface area contributed by atoms with Crippen LogP contribution >= 0.6 is 0 Å². The summed E-state index contributed by atoms with van der Waals surface area (Å²) in [5.74, 6) is -0.356. The first-order valence-corrected chi connectivity index (χ1v) is 4.91. The number of rotatable bonds is 3. The summed E-state index contributed by atoms with van der Waals surface area (Å²) in [6, 6.07) is 0. The molecule has 0 aromatic carbocycles. The minimum Gasteiger partial charge on any atom is -0.465 e. The van der Waals surface area contributed by atoms with Gasteiger partial charge in [0.25, 0.3) is 0 Å². The number of carbonyl (C=O) groups is 1. The standard InChI is InChI=1S/C10H18O4/c1-4-14-8(11)10(9(2,3)12)5-6-13-7-10/h12H,4-7H2,1-3H3. The van der Waals surface area contributed by atoms with Crippen LogP contribution in [0.5, 0.6) is 0 Å². The lowest BCUT2D eigenvalue weighted by molar-refractivity contribution is -0.171. The molecule has 1 aliphatic heterocycles. The van der Waals surface area contributed by atoms with Crippen LogP contribution < -0.4 is 0 Å². The molecule has 1 N–H and O–H groups in total. The smallest absolute Gasteiger partial charge is 0.317 e. The van der Waals surface area contributed by atoms with Crippen LogP contribution in [0.4, 0.5) is 0 Å². The van der Waals surface area contributed by atoms with Crippen LogP contribution in [0.25, 0.3) is 0 Å². The maximum Gasteiger partial charge on any atom is 0.317 e. The topological polar surface area (TPSA) is 55.8 Å². The second-order valence-electron chi connectivity index (χ2n) is 4.16. The molecule has 0 aromatic heterocycles. The molecule has 14 heavy (non-hydrogen) atoms. The van der Waals surface area contributed by atoms with Gasteiger partial charge in [-0.15, -0.1) is 0 Å². The molecule has 1 aliphatic rings. The van der Waals surface area contributed by atoms with E-state index in [1.807, 2.05) is 0 Å². The van der Waals surface area contributed by atoms with Crippen LogP contribution in [-0.2, 0) is 14.3 Å². The Morgan fingerprint density at radius 1 is 1.64 bits per heavy atom. The maximum absolute atomic E-state index is 11.8. The number of ether oxygens (including phenoxy) is 2. The van der Waals surface area contributed by atoms with Crippen LogP contribution in [0.15, 0.2) is 0 Å². The van der Waals surface area contributed by atoms with Gasteiger partial charge < -0.3 is 14.6 Å². The Morgan fingerprint density at radius 2 is 2.29 bits per heavy atom. The lowest BCUT2D eigenvalue weighted by Gasteiger charge is -2.36. The van der Waals surface area contributed by atoms with Gasteiger partial charge in [-0.1, -0.05) is 0 Å². The van der Waals surface area contributed by atoms with Gasteiger partial charge in [0.1, 0.15) is 5.41 Å². The van der Waals surface area contributed by atoms with E-state index < -0.39 is 11.0 Å². The highest BCUT2D eigenvalue weighted by molar-refractivity contribution is 5.78. The van der Waals surface area contributed by atoms with Crippen LogP contribution in [0.2, 0.25) is 0 Å². The summed E-state index contributed by atoms with van der Waals surface area (Å²) in [4.78, 5) is 11.8. The Morgan fingerprint density at radius 3 is 2.64 bits per heavy atom. The molecule has 1 rings (SSSR count). The van der Waals surface area contributed by atoms with Gasteiger partial charge in [0, 0.05) is 6.61 Å². The molecule has 0 bridgehead atoms. The van der Waals surface area contributed by atoms with Crippen molar-refractivity contribution in [3.8, 4) is 0 Å². The Hall–Kier alpha value is -0.610. The second-order valence-corrected chi connectivity index (χ2v) is 4.16. The summed E-state index contributed by atoms with van der Waals surface area (Å²) in [5, 5.41) is 9.98. The van der Waals surface area contributed by atoms with Gasteiger partial charge in [0.15, 0.2) is 0 Å². The van der Waals surface area contributed by atoms with E-state index >= 15 is 0 Å². The number of hydrogen-bond donors (Lipinski definition) is 1. The van der Waals surface area contributed by atoms with Crippen LogP contribution in [-0.4, -0.2) is 36.5 Å². The van der Waals surface area contributed by atoms with E-state index in [1.54, 1.807) is 20.8 Å². The summed E-state index contributed by atoms with van der Waals surface area (Å²) < 4.78 is 10.2. The zero-order valence-electron chi connectivity index (χ0n) is 9.00. The normalized spacial score (nSPS) is 27.7. The van der Waals surface area contributed by atoms with Crippen LogP contribution in [0.3, 0.4) is 0 Å². The van der Waals surface area contributed by atoms with Crippen molar-refractivity contribution < 1.29 is 19.4 Å². The van der Waals surface area contributed by atoms with Crippen molar-refractivity contribution in [2.45, 2.75) is 32.8 Å². The highest BCUT2D eigenvalue weighted by Crippen LogP contribution is 2.40. The quantitative estimate of drug-likeness (QED) is 0.685. The Labute approximate surface area is 84.2 Å². The molecule has 0 spiro atoms. The number of esters is 1. The third kappa shape index (κ3) is 1.77. The summed E-state index contributed by atoms with van der Waals surface area (Å²) >= 11 is 0. The Kier molecular flexibility index (Phi) is 3.17. The third-order valence-corrected chi connectivity index (χ3v) is 2.86. The molecule has 1 atom stereocenters. The molecule has 0 radical (unpaired) electrons. The summed E-state index contributed by atoms with van der Waals surface area (Å²) in [7, 11) is 0. The molecule has 0 amide bonds. The first kappa shape index (κ1) is 11.5. The predicted octanol–water partition coefficient (Wildman–Crippen LogP) is 0.727.